The van der Waals surface area contributed by atoms with Gasteiger partial charge in [0.25, 0.3) is 5.95 Å². The smallest absolute Gasteiger partial charge is 0.341 e. The minimum atomic E-state index is -0.453. The van der Waals surface area contributed by atoms with Crippen LogP contribution in [0.15, 0.2) is 73.2 Å². The van der Waals surface area contributed by atoms with E-state index in [9.17, 15) is 4.79 Å². The molecule has 36 heavy (non-hydrogen) atoms. The second kappa shape index (κ2) is 10.6. The largest absolute Gasteiger partial charge is 0.479 e. The number of carbonyl (C=O) groups excluding carboxylic acids is 1. The van der Waals surface area contributed by atoms with Crippen molar-refractivity contribution in [2.45, 2.75) is 19.9 Å². The number of ether oxygens (including phenoxy) is 2. The van der Waals surface area contributed by atoms with Gasteiger partial charge in [0.15, 0.2) is 0 Å². The second-order valence-corrected chi connectivity index (χ2v) is 7.92. The Morgan fingerprint density at radius 2 is 1.78 bits per heavy atom. The summed E-state index contributed by atoms with van der Waals surface area (Å²) in [6.07, 6.45) is 4.63. The number of hydrogen-bond acceptors (Lipinski definition) is 7. The van der Waals surface area contributed by atoms with Gasteiger partial charge in [-0.15, -0.1) is 0 Å². The van der Waals surface area contributed by atoms with Crippen LogP contribution in [0, 0.1) is 0 Å². The molecule has 0 saturated carbocycles. The maximum Gasteiger partial charge on any atom is 0.341 e. The number of aromatic nitrogens is 6. The van der Waals surface area contributed by atoms with Crippen molar-refractivity contribution in [3.05, 3.63) is 84.3 Å². The Balaban J connectivity index is 0.00000304. The summed E-state index contributed by atoms with van der Waals surface area (Å²) in [6, 6.07) is 18.5. The lowest BCUT2D eigenvalue weighted by Gasteiger charge is -2.16. The quantitative estimate of drug-likeness (QED) is 0.300. The molecular formula is C26H26N6O3S. The van der Waals surface area contributed by atoms with Crippen molar-refractivity contribution in [1.29, 1.82) is 0 Å². The third kappa shape index (κ3) is 4.67. The summed E-state index contributed by atoms with van der Waals surface area (Å²) in [5.74, 6) is 0.177. The summed E-state index contributed by atoms with van der Waals surface area (Å²) >= 11 is 0. The molecule has 9 nitrogen and oxygen atoms in total. The maximum absolute atomic E-state index is 12.0. The molecule has 0 saturated heterocycles. The van der Waals surface area contributed by atoms with Crippen LogP contribution in [0.5, 0.6) is 5.88 Å². The molecule has 3 aromatic heterocycles. The highest BCUT2D eigenvalue weighted by Gasteiger charge is 2.20. The number of esters is 1. The van der Waals surface area contributed by atoms with Crippen molar-refractivity contribution in [2.75, 3.05) is 13.7 Å². The van der Waals surface area contributed by atoms with Gasteiger partial charge in [-0.3, -0.25) is 4.68 Å². The Morgan fingerprint density at radius 1 is 1.00 bits per heavy atom. The van der Waals surface area contributed by atoms with E-state index in [-0.39, 0.29) is 32.1 Å². The maximum atomic E-state index is 12.0. The van der Waals surface area contributed by atoms with Crippen molar-refractivity contribution in [1.82, 2.24) is 29.5 Å². The fourth-order valence-corrected chi connectivity index (χ4v) is 3.96. The number of carbonyl (C=O) groups is 1. The van der Waals surface area contributed by atoms with Crippen LogP contribution in [0.3, 0.4) is 0 Å². The number of benzene rings is 2. The molecule has 0 fully saturated rings. The Kier molecular flexibility index (Phi) is 7.35. The molecular weight excluding hydrogens is 476 g/mol. The standard InChI is InChI=1S/C26H24N6O3.H2S/c1-4-35-25(33)21-14-27-31(16-21)26-29-22-15-28-32(23(22)24(30-26)34-3)17(2)19-11-8-12-20(13-19)18-9-6-5-7-10-18;/h5-17H,4H2,1-3H3;1H2/t17-;/m0./s1. The molecule has 0 aliphatic rings. The van der Waals surface area contributed by atoms with E-state index in [0.717, 1.165) is 16.7 Å². The molecule has 2 aromatic carbocycles. The molecule has 5 rings (SSSR count). The predicted molar refractivity (Wildman–Crippen MR) is 141 cm³/mol. The summed E-state index contributed by atoms with van der Waals surface area (Å²) < 4.78 is 13.9. The third-order valence-electron chi connectivity index (χ3n) is 5.74. The molecule has 0 spiro atoms. The molecule has 1 atom stereocenters. The Labute approximate surface area is 215 Å². The van der Waals surface area contributed by atoms with Gasteiger partial charge in [-0.25, -0.2) is 14.5 Å². The van der Waals surface area contributed by atoms with Crippen LogP contribution < -0.4 is 4.74 Å². The summed E-state index contributed by atoms with van der Waals surface area (Å²) in [5, 5.41) is 8.81. The number of nitrogens with zero attached hydrogens (tertiary/aromatic N) is 6. The SMILES string of the molecule is CCOC(=O)c1cnn(-c2nc(OC)c3c(cnn3[C@@H](C)c3cccc(-c4ccccc4)c3)n2)c1.S. The average molecular weight is 503 g/mol. The molecule has 3 heterocycles. The van der Waals surface area contributed by atoms with Crippen molar-refractivity contribution >= 4 is 30.5 Å². The van der Waals surface area contributed by atoms with E-state index in [4.69, 9.17) is 9.47 Å². The van der Waals surface area contributed by atoms with E-state index < -0.39 is 5.97 Å². The van der Waals surface area contributed by atoms with E-state index in [1.807, 2.05) is 28.9 Å². The minimum Gasteiger partial charge on any atom is -0.479 e. The fraction of sp³-hybridized carbons (Fsp3) is 0.192. The van der Waals surface area contributed by atoms with Crippen LogP contribution in [0.4, 0.5) is 0 Å². The highest BCUT2D eigenvalue weighted by molar-refractivity contribution is 7.59. The van der Waals surface area contributed by atoms with Gasteiger partial charge < -0.3 is 9.47 Å². The number of hydrogen-bond donors (Lipinski definition) is 0. The minimum absolute atomic E-state index is 0. The van der Waals surface area contributed by atoms with E-state index in [0.29, 0.717) is 22.5 Å². The Morgan fingerprint density at radius 3 is 2.53 bits per heavy atom. The third-order valence-corrected chi connectivity index (χ3v) is 5.74. The van der Waals surface area contributed by atoms with Gasteiger partial charge in [-0.2, -0.15) is 28.7 Å². The summed E-state index contributed by atoms with van der Waals surface area (Å²) in [4.78, 5) is 21.1. The van der Waals surface area contributed by atoms with Crippen LogP contribution in [0.25, 0.3) is 28.1 Å². The summed E-state index contributed by atoms with van der Waals surface area (Å²) in [6.45, 7) is 4.11. The Hall–Kier alpha value is -4.18. The fourth-order valence-electron chi connectivity index (χ4n) is 3.96. The molecule has 0 radical (unpaired) electrons. The van der Waals surface area contributed by atoms with Gasteiger partial charge in [0.1, 0.15) is 11.0 Å². The van der Waals surface area contributed by atoms with E-state index in [1.54, 1.807) is 20.2 Å². The molecule has 0 aliphatic carbocycles. The number of fused-ring (bicyclic) bond motifs is 1. The highest BCUT2D eigenvalue weighted by Crippen LogP contribution is 2.30. The molecule has 10 heteroatoms. The van der Waals surface area contributed by atoms with Crippen LogP contribution in [0.1, 0.15) is 35.8 Å². The summed E-state index contributed by atoms with van der Waals surface area (Å²) in [7, 11) is 1.55. The summed E-state index contributed by atoms with van der Waals surface area (Å²) in [5.41, 5.74) is 4.97. The van der Waals surface area contributed by atoms with Crippen LogP contribution >= 0.6 is 13.5 Å². The van der Waals surface area contributed by atoms with Crippen molar-refractivity contribution in [3.63, 3.8) is 0 Å². The van der Waals surface area contributed by atoms with Crippen LogP contribution in [-0.2, 0) is 4.74 Å². The van der Waals surface area contributed by atoms with Gasteiger partial charge >= 0.3 is 5.97 Å². The molecule has 0 aliphatic heterocycles. The molecule has 184 valence electrons. The zero-order valence-electron chi connectivity index (χ0n) is 20.1. The van der Waals surface area contributed by atoms with Crippen molar-refractivity contribution < 1.29 is 14.3 Å². The zero-order valence-corrected chi connectivity index (χ0v) is 21.1. The highest BCUT2D eigenvalue weighted by atomic mass is 32.1. The first kappa shape index (κ1) is 24.9. The van der Waals surface area contributed by atoms with Crippen LogP contribution in [-0.4, -0.2) is 49.2 Å². The molecule has 5 aromatic rings. The molecule has 0 bridgehead atoms. The first-order valence-electron chi connectivity index (χ1n) is 11.3. The van der Waals surface area contributed by atoms with E-state index >= 15 is 0 Å². The van der Waals surface area contributed by atoms with Gasteiger partial charge in [-0.1, -0.05) is 48.5 Å². The van der Waals surface area contributed by atoms with E-state index in [1.165, 1.54) is 17.1 Å². The normalized spacial score (nSPS) is 11.6. The van der Waals surface area contributed by atoms with Crippen molar-refractivity contribution in [3.8, 4) is 23.0 Å². The van der Waals surface area contributed by atoms with Crippen LogP contribution in [0.2, 0.25) is 0 Å². The molecule has 0 unspecified atom stereocenters. The van der Waals surface area contributed by atoms with Gasteiger partial charge in [-0.05, 0) is 36.6 Å². The first-order chi connectivity index (χ1) is 17.1. The molecule has 0 amide bonds. The van der Waals surface area contributed by atoms with Gasteiger partial charge in [0.2, 0.25) is 5.88 Å². The van der Waals surface area contributed by atoms with Crippen molar-refractivity contribution in [2.24, 2.45) is 0 Å². The van der Waals surface area contributed by atoms with Gasteiger partial charge in [0.05, 0.1) is 37.7 Å². The average Bonchev–Trinajstić information content (AvgIpc) is 3.56. The Bertz CT molecular complexity index is 1500. The predicted octanol–water partition coefficient (Wildman–Crippen LogP) is 4.59. The number of methoxy groups -OCH3 is 1. The topological polar surface area (TPSA) is 97.0 Å². The number of rotatable bonds is 7. The second-order valence-electron chi connectivity index (χ2n) is 7.92. The molecule has 0 N–H and O–H groups in total. The van der Waals surface area contributed by atoms with Gasteiger partial charge in [0, 0.05) is 6.20 Å². The first-order valence-corrected chi connectivity index (χ1v) is 11.3. The lowest BCUT2D eigenvalue weighted by molar-refractivity contribution is 0.0526. The zero-order chi connectivity index (χ0) is 24.4. The monoisotopic (exact) mass is 502 g/mol. The van der Waals surface area contributed by atoms with E-state index in [2.05, 4.69) is 57.4 Å². The lowest BCUT2D eigenvalue weighted by atomic mass is 10.0. The lowest BCUT2D eigenvalue weighted by Crippen LogP contribution is -2.11.